The number of carbonyl (C=O) groups is 1. The largest absolute Gasteiger partial charge is 0.371 e. The van der Waals surface area contributed by atoms with E-state index in [1.807, 2.05) is 42.8 Å². The van der Waals surface area contributed by atoms with Crippen molar-refractivity contribution in [2.24, 2.45) is 0 Å². The van der Waals surface area contributed by atoms with E-state index in [9.17, 15) is 4.79 Å². The maximum Gasteiger partial charge on any atom is 0.253 e. The van der Waals surface area contributed by atoms with Gasteiger partial charge in [-0.25, -0.2) is 4.68 Å². The summed E-state index contributed by atoms with van der Waals surface area (Å²) in [5.74, 6) is -0.186. The average Bonchev–Trinajstić information content (AvgIpc) is 3.36. The lowest BCUT2D eigenvalue weighted by Crippen LogP contribution is -2.26. The smallest absolute Gasteiger partial charge is 0.253 e. The second-order valence-corrected chi connectivity index (χ2v) is 7.92. The number of aromatic nitrogens is 2. The van der Waals surface area contributed by atoms with E-state index in [2.05, 4.69) is 27.4 Å². The van der Waals surface area contributed by atoms with E-state index in [0.717, 1.165) is 35.7 Å². The minimum atomic E-state index is -0.186. The van der Waals surface area contributed by atoms with Gasteiger partial charge < -0.3 is 10.2 Å². The molecule has 0 atom stereocenters. The van der Waals surface area contributed by atoms with Crippen LogP contribution in [0.2, 0.25) is 5.02 Å². The molecule has 0 unspecified atom stereocenters. The van der Waals surface area contributed by atoms with Gasteiger partial charge >= 0.3 is 0 Å². The predicted octanol–water partition coefficient (Wildman–Crippen LogP) is 4.67. The van der Waals surface area contributed by atoms with Crippen LogP contribution in [0.5, 0.6) is 0 Å². The Labute approximate surface area is 176 Å². The van der Waals surface area contributed by atoms with Crippen LogP contribution in [0.3, 0.4) is 0 Å². The van der Waals surface area contributed by atoms with Gasteiger partial charge in [0.15, 0.2) is 0 Å². The van der Waals surface area contributed by atoms with Gasteiger partial charge in [0.2, 0.25) is 0 Å². The van der Waals surface area contributed by atoms with Crippen molar-refractivity contribution in [1.29, 1.82) is 0 Å². The van der Waals surface area contributed by atoms with Gasteiger partial charge in [0, 0.05) is 31.0 Å². The first-order valence-corrected chi connectivity index (χ1v) is 10.3. The summed E-state index contributed by atoms with van der Waals surface area (Å²) in [6.07, 6.45) is 2.44. The van der Waals surface area contributed by atoms with Gasteiger partial charge in [0.1, 0.15) is 0 Å². The van der Waals surface area contributed by atoms with Crippen LogP contribution < -0.4 is 10.2 Å². The molecule has 2 heterocycles. The lowest BCUT2D eigenvalue weighted by atomic mass is 10.1. The van der Waals surface area contributed by atoms with E-state index in [0.29, 0.717) is 17.1 Å². The number of rotatable bonds is 5. The van der Waals surface area contributed by atoms with Crippen LogP contribution in [0.25, 0.3) is 5.69 Å². The maximum atomic E-state index is 12.9. The molecule has 1 amide bonds. The molecule has 1 N–H and O–H groups in total. The summed E-state index contributed by atoms with van der Waals surface area (Å²) in [5.41, 5.74) is 5.54. The Morgan fingerprint density at radius 3 is 2.59 bits per heavy atom. The molecule has 5 nitrogen and oxygen atoms in total. The molecular weight excluding hydrogens is 384 g/mol. The summed E-state index contributed by atoms with van der Waals surface area (Å²) in [6, 6.07) is 15.7. The summed E-state index contributed by atoms with van der Waals surface area (Å²) >= 11 is 6.34. The van der Waals surface area contributed by atoms with Gasteiger partial charge in [0.25, 0.3) is 5.91 Å². The topological polar surface area (TPSA) is 50.2 Å². The lowest BCUT2D eigenvalue weighted by molar-refractivity contribution is 0.0951. The number of anilines is 1. The van der Waals surface area contributed by atoms with Crippen molar-refractivity contribution in [3.8, 4) is 5.69 Å². The van der Waals surface area contributed by atoms with E-state index >= 15 is 0 Å². The van der Waals surface area contributed by atoms with E-state index in [4.69, 9.17) is 11.6 Å². The molecule has 150 valence electrons. The van der Waals surface area contributed by atoms with Crippen LogP contribution in [0.15, 0.2) is 48.5 Å². The highest BCUT2D eigenvalue weighted by Crippen LogP contribution is 2.25. The number of para-hydroxylation sites is 1. The summed E-state index contributed by atoms with van der Waals surface area (Å²) in [7, 11) is 0. The zero-order valence-electron chi connectivity index (χ0n) is 16.8. The minimum absolute atomic E-state index is 0.186. The molecule has 2 aromatic carbocycles. The van der Waals surface area contributed by atoms with Crippen molar-refractivity contribution in [3.05, 3.63) is 76.1 Å². The van der Waals surface area contributed by atoms with E-state index < -0.39 is 0 Å². The second kappa shape index (κ2) is 8.29. The second-order valence-electron chi connectivity index (χ2n) is 7.51. The standard InChI is InChI=1S/C23H25ClN4O/c1-16-13-17(2)28(26-16)19-9-10-21(24)20(14-19)23(29)25-15-18-7-3-4-8-22(18)27-11-5-6-12-27/h3-4,7-10,13-14H,5-6,11-12,15H2,1-2H3,(H,25,29). The van der Waals surface area contributed by atoms with E-state index in [1.54, 1.807) is 12.1 Å². The zero-order chi connectivity index (χ0) is 20.4. The molecule has 1 aromatic heterocycles. The number of hydrogen-bond donors (Lipinski definition) is 1. The Kier molecular flexibility index (Phi) is 5.58. The summed E-state index contributed by atoms with van der Waals surface area (Å²) < 4.78 is 1.82. The molecule has 0 saturated carbocycles. The SMILES string of the molecule is Cc1cc(C)n(-c2ccc(Cl)c(C(=O)NCc3ccccc3N3CCCC3)c2)n1. The van der Waals surface area contributed by atoms with Crippen molar-refractivity contribution < 1.29 is 4.79 Å². The third-order valence-corrected chi connectivity index (χ3v) is 5.66. The highest BCUT2D eigenvalue weighted by molar-refractivity contribution is 6.33. The highest BCUT2D eigenvalue weighted by atomic mass is 35.5. The first-order chi connectivity index (χ1) is 14.0. The van der Waals surface area contributed by atoms with Crippen LogP contribution in [0.4, 0.5) is 5.69 Å². The van der Waals surface area contributed by atoms with Crippen molar-refractivity contribution >= 4 is 23.2 Å². The quantitative estimate of drug-likeness (QED) is 0.667. The van der Waals surface area contributed by atoms with Crippen LogP contribution in [0.1, 0.15) is 40.2 Å². The maximum absolute atomic E-state index is 12.9. The number of nitrogens with zero attached hydrogens (tertiary/aromatic N) is 3. The van der Waals surface area contributed by atoms with Crippen LogP contribution >= 0.6 is 11.6 Å². The zero-order valence-corrected chi connectivity index (χ0v) is 17.5. The average molecular weight is 409 g/mol. The Morgan fingerprint density at radius 2 is 1.86 bits per heavy atom. The van der Waals surface area contributed by atoms with Gasteiger partial charge in [-0.3, -0.25) is 4.79 Å². The Balaban J connectivity index is 1.54. The molecule has 1 fully saturated rings. The highest BCUT2D eigenvalue weighted by Gasteiger charge is 2.17. The lowest BCUT2D eigenvalue weighted by Gasteiger charge is -2.21. The number of carbonyl (C=O) groups excluding carboxylic acids is 1. The van der Waals surface area contributed by atoms with Gasteiger partial charge in [-0.05, 0) is 62.6 Å². The third-order valence-electron chi connectivity index (χ3n) is 5.33. The van der Waals surface area contributed by atoms with Crippen LogP contribution in [-0.4, -0.2) is 28.8 Å². The van der Waals surface area contributed by atoms with Crippen LogP contribution in [0, 0.1) is 13.8 Å². The third kappa shape index (κ3) is 4.15. The summed E-state index contributed by atoms with van der Waals surface area (Å²) in [5, 5.41) is 7.97. The molecule has 1 aliphatic rings. The molecule has 1 aliphatic heterocycles. The normalized spacial score (nSPS) is 13.7. The van der Waals surface area contributed by atoms with E-state index in [-0.39, 0.29) is 5.91 Å². The molecule has 0 spiro atoms. The minimum Gasteiger partial charge on any atom is -0.371 e. The number of benzene rings is 2. The fraction of sp³-hybridized carbons (Fsp3) is 0.304. The van der Waals surface area contributed by atoms with Crippen LogP contribution in [-0.2, 0) is 6.54 Å². The molecule has 0 radical (unpaired) electrons. The molecular formula is C23H25ClN4O. The fourth-order valence-corrected chi connectivity index (χ4v) is 4.11. The molecule has 0 aliphatic carbocycles. The molecule has 0 bridgehead atoms. The number of amides is 1. The number of aryl methyl sites for hydroxylation is 2. The fourth-order valence-electron chi connectivity index (χ4n) is 3.91. The summed E-state index contributed by atoms with van der Waals surface area (Å²) in [4.78, 5) is 15.3. The first kappa shape index (κ1) is 19.5. The molecule has 1 saturated heterocycles. The molecule has 6 heteroatoms. The first-order valence-electron chi connectivity index (χ1n) is 9.97. The molecule has 3 aromatic rings. The van der Waals surface area contributed by atoms with Gasteiger partial charge in [0.05, 0.1) is 22.0 Å². The Hall–Kier alpha value is -2.79. The monoisotopic (exact) mass is 408 g/mol. The Bertz CT molecular complexity index is 1040. The van der Waals surface area contributed by atoms with Crippen molar-refractivity contribution in [2.45, 2.75) is 33.2 Å². The number of nitrogens with one attached hydrogen (secondary N) is 1. The van der Waals surface area contributed by atoms with Crippen molar-refractivity contribution in [1.82, 2.24) is 15.1 Å². The summed E-state index contributed by atoms with van der Waals surface area (Å²) in [6.45, 7) is 6.55. The molecule has 4 rings (SSSR count). The van der Waals surface area contributed by atoms with E-state index in [1.165, 1.54) is 18.5 Å². The number of halogens is 1. The van der Waals surface area contributed by atoms with Gasteiger partial charge in [-0.1, -0.05) is 29.8 Å². The Morgan fingerprint density at radius 1 is 1.10 bits per heavy atom. The van der Waals surface area contributed by atoms with Crippen molar-refractivity contribution in [3.63, 3.8) is 0 Å². The number of hydrogen-bond acceptors (Lipinski definition) is 3. The van der Waals surface area contributed by atoms with Crippen molar-refractivity contribution in [2.75, 3.05) is 18.0 Å². The van der Waals surface area contributed by atoms with Gasteiger partial charge in [-0.2, -0.15) is 5.10 Å². The molecule has 29 heavy (non-hydrogen) atoms. The van der Waals surface area contributed by atoms with Gasteiger partial charge in [-0.15, -0.1) is 0 Å². The predicted molar refractivity (Wildman–Crippen MR) is 117 cm³/mol.